The lowest BCUT2D eigenvalue weighted by Crippen LogP contribution is -2.07. The predicted octanol–water partition coefficient (Wildman–Crippen LogP) is 1.05. The van der Waals surface area contributed by atoms with E-state index in [0.29, 0.717) is 25.7 Å². The molecule has 1 aromatic rings. The van der Waals surface area contributed by atoms with E-state index in [1.165, 1.54) is 0 Å². The summed E-state index contributed by atoms with van der Waals surface area (Å²) >= 11 is 5.42. The fraction of sp³-hybridized carbons (Fsp3) is 0.625. The van der Waals surface area contributed by atoms with Gasteiger partial charge in [0.15, 0.2) is 5.75 Å². The molecule has 4 nitrogen and oxygen atoms in total. The molecular weight excluding hydrogens is 192 g/mol. The van der Waals surface area contributed by atoms with Crippen molar-refractivity contribution in [2.45, 2.75) is 0 Å². The number of hydrogen-bond acceptors (Lipinski definition) is 3. The Hall–Kier alpha value is -0.740. The Morgan fingerprint density at radius 3 is 2.92 bits per heavy atom. The number of halogens is 1. The molecule has 0 aliphatic heterocycles. The Kier molecular flexibility index (Phi) is 4.64. The molecule has 5 heteroatoms. The zero-order valence-electron chi connectivity index (χ0n) is 7.57. The van der Waals surface area contributed by atoms with Crippen LogP contribution in [0.15, 0.2) is 12.4 Å². The van der Waals surface area contributed by atoms with Crippen LogP contribution in [0.1, 0.15) is 0 Å². The molecule has 0 aromatic carbocycles. The third-order valence-electron chi connectivity index (χ3n) is 1.40. The van der Waals surface area contributed by atoms with Gasteiger partial charge < -0.3 is 9.47 Å². The van der Waals surface area contributed by atoms with Crippen LogP contribution in [0, 0.1) is 0 Å². The van der Waals surface area contributed by atoms with E-state index in [9.17, 15) is 0 Å². The van der Waals surface area contributed by atoms with E-state index < -0.39 is 0 Å². The Labute approximate surface area is 82.4 Å². The molecule has 0 amide bonds. The maximum atomic E-state index is 5.42. The molecule has 1 aromatic heterocycles. The summed E-state index contributed by atoms with van der Waals surface area (Å²) in [6, 6.07) is 0. The summed E-state index contributed by atoms with van der Waals surface area (Å²) in [5, 5.41) is 3.96. The lowest BCUT2D eigenvalue weighted by molar-refractivity contribution is 0.111. The van der Waals surface area contributed by atoms with Crippen LogP contribution < -0.4 is 4.74 Å². The van der Waals surface area contributed by atoms with Crippen LogP contribution in [0.3, 0.4) is 0 Å². The number of nitrogens with zero attached hydrogens (tertiary/aromatic N) is 2. The smallest absolute Gasteiger partial charge is 0.157 e. The van der Waals surface area contributed by atoms with Crippen molar-refractivity contribution in [1.82, 2.24) is 9.78 Å². The van der Waals surface area contributed by atoms with Crippen molar-refractivity contribution in [3.8, 4) is 5.75 Å². The molecule has 0 radical (unpaired) electrons. The first-order valence-electron chi connectivity index (χ1n) is 4.08. The van der Waals surface area contributed by atoms with Gasteiger partial charge in [-0.3, -0.25) is 4.68 Å². The SMILES string of the molecule is Cn1cc(OCCOCCCl)cn1. The van der Waals surface area contributed by atoms with E-state index >= 15 is 0 Å². The predicted molar refractivity (Wildman–Crippen MR) is 50.2 cm³/mol. The van der Waals surface area contributed by atoms with Gasteiger partial charge >= 0.3 is 0 Å². The molecule has 0 saturated carbocycles. The molecule has 0 bridgehead atoms. The minimum Gasteiger partial charge on any atom is -0.488 e. The van der Waals surface area contributed by atoms with Crippen LogP contribution in [0.5, 0.6) is 5.75 Å². The first kappa shape index (κ1) is 10.3. The fourth-order valence-electron chi connectivity index (χ4n) is 0.848. The standard InChI is InChI=1S/C8H13ClN2O2/c1-11-7-8(6-10-11)13-5-4-12-3-2-9/h6-7H,2-5H2,1H3. The van der Waals surface area contributed by atoms with E-state index in [1.807, 2.05) is 13.2 Å². The second-order valence-electron chi connectivity index (χ2n) is 2.50. The normalized spacial score (nSPS) is 10.3. The van der Waals surface area contributed by atoms with Gasteiger partial charge in [0.1, 0.15) is 6.61 Å². The molecule has 0 atom stereocenters. The van der Waals surface area contributed by atoms with Crippen LogP contribution in [-0.4, -0.2) is 35.5 Å². The monoisotopic (exact) mass is 204 g/mol. The van der Waals surface area contributed by atoms with Gasteiger partial charge in [-0.1, -0.05) is 0 Å². The van der Waals surface area contributed by atoms with Crippen LogP contribution in [-0.2, 0) is 11.8 Å². The molecular formula is C8H13ClN2O2. The molecule has 0 spiro atoms. The second-order valence-corrected chi connectivity index (χ2v) is 2.88. The number of hydrogen-bond donors (Lipinski definition) is 0. The summed E-state index contributed by atoms with van der Waals surface area (Å²) in [4.78, 5) is 0. The van der Waals surface area contributed by atoms with E-state index in [1.54, 1.807) is 10.9 Å². The summed E-state index contributed by atoms with van der Waals surface area (Å²) < 4.78 is 12.1. The number of aromatic nitrogens is 2. The minimum absolute atomic E-state index is 0.521. The maximum absolute atomic E-state index is 5.42. The molecule has 0 saturated heterocycles. The van der Waals surface area contributed by atoms with Gasteiger partial charge in [0, 0.05) is 12.9 Å². The largest absolute Gasteiger partial charge is 0.488 e. The number of alkyl halides is 1. The third-order valence-corrected chi connectivity index (χ3v) is 1.55. The Balaban J connectivity index is 2.06. The molecule has 0 unspecified atom stereocenters. The third kappa shape index (κ3) is 4.15. The molecule has 0 fully saturated rings. The van der Waals surface area contributed by atoms with Gasteiger partial charge in [0.05, 0.1) is 25.6 Å². The maximum Gasteiger partial charge on any atom is 0.157 e. The summed E-state index contributed by atoms with van der Waals surface area (Å²) in [6.07, 6.45) is 3.48. The minimum atomic E-state index is 0.521. The van der Waals surface area contributed by atoms with Gasteiger partial charge in [-0.15, -0.1) is 11.6 Å². The quantitative estimate of drug-likeness (QED) is 0.514. The summed E-state index contributed by atoms with van der Waals surface area (Å²) in [5.41, 5.74) is 0. The Morgan fingerprint density at radius 1 is 1.46 bits per heavy atom. The average molecular weight is 205 g/mol. The zero-order chi connectivity index (χ0) is 9.52. The topological polar surface area (TPSA) is 36.3 Å². The molecule has 0 N–H and O–H groups in total. The van der Waals surface area contributed by atoms with Gasteiger partial charge in [0.2, 0.25) is 0 Å². The number of ether oxygens (including phenoxy) is 2. The lowest BCUT2D eigenvalue weighted by atomic mass is 10.6. The second kappa shape index (κ2) is 5.83. The Bertz CT molecular complexity index is 240. The van der Waals surface area contributed by atoms with E-state index in [-0.39, 0.29) is 0 Å². The number of aryl methyl sites for hydroxylation is 1. The average Bonchev–Trinajstić information content (AvgIpc) is 2.51. The highest BCUT2D eigenvalue weighted by molar-refractivity contribution is 6.17. The van der Waals surface area contributed by atoms with Gasteiger partial charge in [-0.2, -0.15) is 5.10 Å². The first-order valence-corrected chi connectivity index (χ1v) is 4.61. The summed E-state index contributed by atoms with van der Waals surface area (Å²) in [6.45, 7) is 1.65. The highest BCUT2D eigenvalue weighted by Crippen LogP contribution is 2.05. The van der Waals surface area contributed by atoms with Crippen LogP contribution in [0.2, 0.25) is 0 Å². The lowest BCUT2D eigenvalue weighted by Gasteiger charge is -2.02. The molecule has 13 heavy (non-hydrogen) atoms. The molecule has 74 valence electrons. The molecule has 0 aliphatic carbocycles. The molecule has 1 heterocycles. The van der Waals surface area contributed by atoms with Crippen molar-refractivity contribution >= 4 is 11.6 Å². The van der Waals surface area contributed by atoms with Crippen molar-refractivity contribution in [3.63, 3.8) is 0 Å². The number of rotatable bonds is 6. The summed E-state index contributed by atoms with van der Waals surface area (Å²) in [5.74, 6) is 1.28. The first-order chi connectivity index (χ1) is 6.33. The van der Waals surface area contributed by atoms with Crippen LogP contribution in [0.4, 0.5) is 0 Å². The van der Waals surface area contributed by atoms with Crippen molar-refractivity contribution in [2.24, 2.45) is 7.05 Å². The van der Waals surface area contributed by atoms with Gasteiger partial charge in [-0.25, -0.2) is 0 Å². The van der Waals surface area contributed by atoms with E-state index in [4.69, 9.17) is 21.1 Å². The molecule has 0 aliphatic rings. The van der Waals surface area contributed by atoms with E-state index in [2.05, 4.69) is 5.10 Å². The van der Waals surface area contributed by atoms with Crippen molar-refractivity contribution < 1.29 is 9.47 Å². The van der Waals surface area contributed by atoms with Gasteiger partial charge in [-0.05, 0) is 0 Å². The summed E-state index contributed by atoms with van der Waals surface area (Å²) in [7, 11) is 1.84. The highest BCUT2D eigenvalue weighted by atomic mass is 35.5. The Morgan fingerprint density at radius 2 is 2.31 bits per heavy atom. The molecule has 1 rings (SSSR count). The van der Waals surface area contributed by atoms with Crippen LogP contribution >= 0.6 is 11.6 Å². The fourth-order valence-corrected chi connectivity index (χ4v) is 0.957. The van der Waals surface area contributed by atoms with Crippen LogP contribution in [0.25, 0.3) is 0 Å². The van der Waals surface area contributed by atoms with E-state index in [0.717, 1.165) is 5.75 Å². The van der Waals surface area contributed by atoms with Gasteiger partial charge in [0.25, 0.3) is 0 Å². The van der Waals surface area contributed by atoms with Crippen molar-refractivity contribution in [3.05, 3.63) is 12.4 Å². The zero-order valence-corrected chi connectivity index (χ0v) is 8.33. The van der Waals surface area contributed by atoms with Crippen molar-refractivity contribution in [1.29, 1.82) is 0 Å². The van der Waals surface area contributed by atoms with Crippen molar-refractivity contribution in [2.75, 3.05) is 25.7 Å². The highest BCUT2D eigenvalue weighted by Gasteiger charge is 1.95.